The van der Waals surface area contributed by atoms with Crippen LogP contribution in [0.5, 0.6) is 0 Å². The van der Waals surface area contributed by atoms with Gasteiger partial charge in [0.15, 0.2) is 0 Å². The van der Waals surface area contributed by atoms with Gasteiger partial charge in [0.1, 0.15) is 0 Å². The fourth-order valence-electron chi connectivity index (χ4n) is 2.14. The van der Waals surface area contributed by atoms with Crippen molar-refractivity contribution in [2.45, 2.75) is 31.7 Å². The van der Waals surface area contributed by atoms with E-state index in [1.165, 1.54) is 19.3 Å². The molecule has 0 saturated carbocycles. The molecule has 0 aromatic heterocycles. The number of hydrogen-bond acceptors (Lipinski definition) is 3. The number of halogens is 1. The monoisotopic (exact) mass is 284 g/mol. The van der Waals surface area contributed by atoms with E-state index in [2.05, 4.69) is 10.6 Å². The molecule has 1 saturated heterocycles. The van der Waals surface area contributed by atoms with Crippen LogP contribution in [0.1, 0.15) is 25.7 Å². The Bertz CT molecular complexity index is 367. The second kappa shape index (κ2) is 8.77. The number of anilines is 1. The van der Waals surface area contributed by atoms with Gasteiger partial charge in [-0.05, 0) is 37.9 Å². The first-order valence-corrected chi connectivity index (χ1v) is 6.57. The third-order valence-corrected chi connectivity index (χ3v) is 3.13. The van der Waals surface area contributed by atoms with Crippen molar-refractivity contribution in [3.05, 3.63) is 30.3 Å². The minimum atomic E-state index is -0.378. The molecule has 4 nitrogen and oxygen atoms in total. The van der Waals surface area contributed by atoms with E-state index in [-0.39, 0.29) is 18.5 Å². The van der Waals surface area contributed by atoms with Crippen molar-refractivity contribution in [2.24, 2.45) is 0 Å². The Balaban J connectivity index is 0.00000180. The van der Waals surface area contributed by atoms with Crippen molar-refractivity contribution in [3.63, 3.8) is 0 Å². The summed E-state index contributed by atoms with van der Waals surface area (Å²) in [6.45, 7) is 1.55. The summed E-state index contributed by atoms with van der Waals surface area (Å²) in [6.07, 6.45) is 4.23. The van der Waals surface area contributed by atoms with Crippen molar-refractivity contribution in [2.75, 3.05) is 18.5 Å². The molecule has 1 aromatic carbocycles. The third kappa shape index (κ3) is 5.94. The predicted molar refractivity (Wildman–Crippen MR) is 78.9 cm³/mol. The lowest BCUT2D eigenvalue weighted by atomic mass is 10.0. The molecule has 106 valence electrons. The second-order valence-electron chi connectivity index (χ2n) is 4.56. The van der Waals surface area contributed by atoms with E-state index in [0.717, 1.165) is 18.7 Å². The first kappa shape index (κ1) is 15.8. The van der Waals surface area contributed by atoms with Crippen molar-refractivity contribution in [1.29, 1.82) is 0 Å². The van der Waals surface area contributed by atoms with Gasteiger partial charge in [-0.2, -0.15) is 0 Å². The molecule has 2 N–H and O–H groups in total. The van der Waals surface area contributed by atoms with Crippen LogP contribution in [-0.2, 0) is 4.74 Å². The van der Waals surface area contributed by atoms with Gasteiger partial charge in [0.25, 0.3) is 0 Å². The van der Waals surface area contributed by atoms with Gasteiger partial charge in [-0.25, -0.2) is 4.79 Å². The van der Waals surface area contributed by atoms with E-state index in [4.69, 9.17) is 4.74 Å². The Labute approximate surface area is 120 Å². The summed E-state index contributed by atoms with van der Waals surface area (Å²) in [6, 6.07) is 9.84. The Hall–Kier alpha value is -1.26. The number of rotatable bonds is 4. The van der Waals surface area contributed by atoms with Gasteiger partial charge in [-0.15, -0.1) is 12.4 Å². The van der Waals surface area contributed by atoms with Crippen LogP contribution < -0.4 is 10.6 Å². The van der Waals surface area contributed by atoms with E-state index in [9.17, 15) is 4.79 Å². The van der Waals surface area contributed by atoms with Crippen LogP contribution in [-0.4, -0.2) is 25.3 Å². The van der Waals surface area contributed by atoms with Gasteiger partial charge in [0.05, 0.1) is 6.61 Å². The van der Waals surface area contributed by atoms with Crippen LogP contribution in [0.25, 0.3) is 0 Å². The number of carbonyl (C=O) groups is 1. The lowest BCUT2D eigenvalue weighted by Crippen LogP contribution is -2.35. The molecule has 1 atom stereocenters. The molecule has 1 aliphatic heterocycles. The maximum atomic E-state index is 11.5. The van der Waals surface area contributed by atoms with Crippen LogP contribution in [0.4, 0.5) is 10.5 Å². The number of hydrogen-bond donors (Lipinski definition) is 2. The van der Waals surface area contributed by atoms with Crippen molar-refractivity contribution in [1.82, 2.24) is 5.32 Å². The summed E-state index contributed by atoms with van der Waals surface area (Å²) in [5.74, 6) is 0. The fourth-order valence-corrected chi connectivity index (χ4v) is 2.14. The summed E-state index contributed by atoms with van der Waals surface area (Å²) in [5, 5.41) is 6.13. The quantitative estimate of drug-likeness (QED) is 0.893. The molecule has 0 radical (unpaired) electrons. The van der Waals surface area contributed by atoms with Gasteiger partial charge in [-0.3, -0.25) is 5.32 Å². The molecule has 2 rings (SSSR count). The smallest absolute Gasteiger partial charge is 0.411 e. The van der Waals surface area contributed by atoms with Crippen LogP contribution in [0, 0.1) is 0 Å². The standard InChI is InChI=1S/C14H20N2O2.ClH/c17-14(16-13-7-2-1-3-8-13)18-11-9-12-6-4-5-10-15-12;/h1-3,7-8,12,15H,4-6,9-11H2,(H,16,17);1H. The molecule has 1 fully saturated rings. The van der Waals surface area contributed by atoms with E-state index < -0.39 is 0 Å². The maximum absolute atomic E-state index is 11.5. The number of nitrogens with one attached hydrogen (secondary N) is 2. The Morgan fingerprint density at radius 3 is 2.79 bits per heavy atom. The number of amides is 1. The van der Waals surface area contributed by atoms with Crippen molar-refractivity contribution < 1.29 is 9.53 Å². The SMILES string of the molecule is Cl.O=C(Nc1ccccc1)OCCC1CCCCN1. The molecule has 0 aliphatic carbocycles. The van der Waals surface area contributed by atoms with E-state index in [1.54, 1.807) is 0 Å². The van der Waals surface area contributed by atoms with Crippen LogP contribution >= 0.6 is 12.4 Å². The van der Waals surface area contributed by atoms with Crippen LogP contribution in [0.2, 0.25) is 0 Å². The molecule has 1 unspecified atom stereocenters. The fraction of sp³-hybridized carbons (Fsp3) is 0.500. The average molecular weight is 285 g/mol. The minimum absolute atomic E-state index is 0. The first-order valence-electron chi connectivity index (χ1n) is 6.57. The van der Waals surface area contributed by atoms with Gasteiger partial charge < -0.3 is 10.1 Å². The molecule has 1 aliphatic rings. The molecule has 1 amide bonds. The lowest BCUT2D eigenvalue weighted by molar-refractivity contribution is 0.153. The van der Waals surface area contributed by atoms with Crippen molar-refractivity contribution >= 4 is 24.2 Å². The van der Waals surface area contributed by atoms with Gasteiger partial charge in [0.2, 0.25) is 0 Å². The molecule has 0 spiro atoms. The first-order chi connectivity index (χ1) is 8.84. The topological polar surface area (TPSA) is 50.4 Å². The average Bonchev–Trinajstić information content (AvgIpc) is 2.41. The zero-order valence-electron chi connectivity index (χ0n) is 10.9. The maximum Gasteiger partial charge on any atom is 0.411 e. The molecule has 1 aromatic rings. The van der Waals surface area contributed by atoms with Gasteiger partial charge >= 0.3 is 6.09 Å². The highest BCUT2D eigenvalue weighted by Gasteiger charge is 2.12. The molecular weight excluding hydrogens is 264 g/mol. The number of ether oxygens (including phenoxy) is 1. The number of benzene rings is 1. The zero-order chi connectivity index (χ0) is 12.6. The third-order valence-electron chi connectivity index (χ3n) is 3.13. The highest BCUT2D eigenvalue weighted by Crippen LogP contribution is 2.10. The summed E-state index contributed by atoms with van der Waals surface area (Å²) in [5.41, 5.74) is 0.762. The molecule has 0 bridgehead atoms. The minimum Gasteiger partial charge on any atom is -0.449 e. The van der Waals surface area contributed by atoms with E-state index >= 15 is 0 Å². The summed E-state index contributed by atoms with van der Waals surface area (Å²) in [4.78, 5) is 11.5. The zero-order valence-corrected chi connectivity index (χ0v) is 11.7. The van der Waals surface area contributed by atoms with Crippen LogP contribution in [0.15, 0.2) is 30.3 Å². The van der Waals surface area contributed by atoms with Gasteiger partial charge in [-0.1, -0.05) is 24.6 Å². The van der Waals surface area contributed by atoms with E-state index in [0.29, 0.717) is 12.6 Å². The molecule has 5 heteroatoms. The lowest BCUT2D eigenvalue weighted by Gasteiger charge is -2.23. The Morgan fingerprint density at radius 2 is 2.11 bits per heavy atom. The molecule has 1 heterocycles. The Morgan fingerprint density at radius 1 is 1.32 bits per heavy atom. The number of piperidine rings is 1. The largest absolute Gasteiger partial charge is 0.449 e. The highest BCUT2D eigenvalue weighted by molar-refractivity contribution is 5.85. The van der Waals surface area contributed by atoms with Crippen molar-refractivity contribution in [3.8, 4) is 0 Å². The molecular formula is C14H21ClN2O2. The molecule has 19 heavy (non-hydrogen) atoms. The second-order valence-corrected chi connectivity index (χ2v) is 4.56. The normalized spacial score (nSPS) is 18.2. The number of carbonyl (C=O) groups excluding carboxylic acids is 1. The number of para-hydroxylation sites is 1. The highest BCUT2D eigenvalue weighted by atomic mass is 35.5. The summed E-state index contributed by atoms with van der Waals surface area (Å²) < 4.78 is 5.16. The van der Waals surface area contributed by atoms with Crippen LogP contribution in [0.3, 0.4) is 0 Å². The van der Waals surface area contributed by atoms with E-state index in [1.807, 2.05) is 30.3 Å². The van der Waals surface area contributed by atoms with Gasteiger partial charge in [0, 0.05) is 11.7 Å². The summed E-state index contributed by atoms with van der Waals surface area (Å²) >= 11 is 0. The summed E-state index contributed by atoms with van der Waals surface area (Å²) in [7, 11) is 0. The predicted octanol–water partition coefficient (Wildman–Crippen LogP) is 3.19. The Kier molecular flexibility index (Phi) is 7.30.